The van der Waals surface area contributed by atoms with Crippen molar-refractivity contribution in [3.8, 4) is 17.0 Å². The molecule has 2 aromatic rings. The Morgan fingerprint density at radius 2 is 2.00 bits per heavy atom. The molecule has 0 spiro atoms. The number of H-pyrrole nitrogens is 2. The lowest BCUT2D eigenvalue weighted by atomic mass is 10.2. The third kappa shape index (κ3) is 2.52. The summed E-state index contributed by atoms with van der Waals surface area (Å²) in [6.45, 7) is 2.85. The molecular formula is C12H14N2OS. The topological polar surface area (TPSA) is 40.8 Å². The van der Waals surface area contributed by atoms with E-state index in [1.807, 2.05) is 30.5 Å². The van der Waals surface area contributed by atoms with Gasteiger partial charge in [-0.15, -0.1) is 0 Å². The van der Waals surface area contributed by atoms with Crippen LogP contribution in [0.4, 0.5) is 0 Å². The zero-order valence-electron chi connectivity index (χ0n) is 9.12. The van der Waals surface area contributed by atoms with E-state index < -0.39 is 0 Å². The largest absolute Gasteiger partial charge is 0.494 e. The van der Waals surface area contributed by atoms with E-state index in [9.17, 15) is 0 Å². The van der Waals surface area contributed by atoms with Crippen molar-refractivity contribution in [2.45, 2.75) is 13.3 Å². The third-order valence-electron chi connectivity index (χ3n) is 2.23. The number of ether oxygens (including phenoxy) is 1. The van der Waals surface area contributed by atoms with Crippen LogP contribution >= 0.6 is 12.2 Å². The zero-order chi connectivity index (χ0) is 11.4. The second kappa shape index (κ2) is 4.99. The predicted octanol–water partition coefficient (Wildman–Crippen LogP) is 3.53. The predicted molar refractivity (Wildman–Crippen MR) is 67.2 cm³/mol. The Kier molecular flexibility index (Phi) is 3.41. The van der Waals surface area contributed by atoms with Crippen LogP contribution in [0.5, 0.6) is 5.75 Å². The van der Waals surface area contributed by atoms with E-state index in [1.165, 1.54) is 0 Å². The number of rotatable bonds is 4. The first-order valence-electron chi connectivity index (χ1n) is 5.30. The van der Waals surface area contributed by atoms with Crippen LogP contribution in [-0.4, -0.2) is 16.6 Å². The smallest absolute Gasteiger partial charge is 0.174 e. The molecule has 0 unspecified atom stereocenters. The Morgan fingerprint density at radius 3 is 2.56 bits per heavy atom. The molecule has 1 heterocycles. The minimum atomic E-state index is 0.640. The summed E-state index contributed by atoms with van der Waals surface area (Å²) in [6.07, 6.45) is 2.89. The Balaban J connectivity index is 2.16. The number of benzene rings is 1. The minimum absolute atomic E-state index is 0.640. The second-order valence-corrected chi connectivity index (χ2v) is 3.94. The van der Waals surface area contributed by atoms with Gasteiger partial charge in [0.2, 0.25) is 0 Å². The van der Waals surface area contributed by atoms with Crippen molar-refractivity contribution in [2.24, 2.45) is 0 Å². The van der Waals surface area contributed by atoms with Gasteiger partial charge in [-0.2, -0.15) is 0 Å². The Bertz CT molecular complexity index is 498. The summed E-state index contributed by atoms with van der Waals surface area (Å²) in [4.78, 5) is 6.02. The van der Waals surface area contributed by atoms with Crippen molar-refractivity contribution in [1.29, 1.82) is 0 Å². The van der Waals surface area contributed by atoms with Gasteiger partial charge >= 0.3 is 0 Å². The highest BCUT2D eigenvalue weighted by molar-refractivity contribution is 7.71. The van der Waals surface area contributed by atoms with Crippen LogP contribution in [0.25, 0.3) is 11.3 Å². The van der Waals surface area contributed by atoms with Crippen LogP contribution in [0.15, 0.2) is 30.5 Å². The quantitative estimate of drug-likeness (QED) is 0.794. The maximum atomic E-state index is 5.51. The average Bonchev–Trinajstić information content (AvgIpc) is 2.74. The molecule has 0 radical (unpaired) electrons. The van der Waals surface area contributed by atoms with Crippen LogP contribution in [-0.2, 0) is 0 Å². The molecule has 1 aromatic carbocycles. The molecule has 84 valence electrons. The number of aromatic nitrogens is 2. The van der Waals surface area contributed by atoms with Gasteiger partial charge in [0.25, 0.3) is 0 Å². The lowest BCUT2D eigenvalue weighted by molar-refractivity contribution is 0.317. The SMILES string of the molecule is CCCOc1ccc(-c2c[nH]c(=S)[nH]2)cc1. The molecule has 0 aliphatic rings. The highest BCUT2D eigenvalue weighted by Gasteiger charge is 1.99. The van der Waals surface area contributed by atoms with Crippen LogP contribution < -0.4 is 4.74 Å². The van der Waals surface area contributed by atoms with Gasteiger partial charge < -0.3 is 14.7 Å². The van der Waals surface area contributed by atoms with Crippen molar-refractivity contribution in [1.82, 2.24) is 9.97 Å². The summed E-state index contributed by atoms with van der Waals surface area (Å²) >= 11 is 4.98. The molecular weight excluding hydrogens is 220 g/mol. The molecule has 0 amide bonds. The van der Waals surface area contributed by atoms with Crippen LogP contribution in [0.1, 0.15) is 13.3 Å². The molecule has 1 aromatic heterocycles. The van der Waals surface area contributed by atoms with Gasteiger partial charge in [0.05, 0.1) is 12.3 Å². The summed E-state index contributed by atoms with van der Waals surface area (Å²) in [5.41, 5.74) is 2.09. The summed E-state index contributed by atoms with van der Waals surface area (Å²) in [7, 11) is 0. The van der Waals surface area contributed by atoms with Crippen LogP contribution in [0, 0.1) is 4.77 Å². The number of nitrogens with one attached hydrogen (secondary N) is 2. The van der Waals surface area contributed by atoms with Gasteiger partial charge in [-0.05, 0) is 48.5 Å². The molecule has 3 nitrogen and oxygen atoms in total. The fourth-order valence-corrected chi connectivity index (χ4v) is 1.61. The van der Waals surface area contributed by atoms with Crippen molar-refractivity contribution in [3.63, 3.8) is 0 Å². The van der Waals surface area contributed by atoms with E-state index in [1.54, 1.807) is 0 Å². The maximum Gasteiger partial charge on any atom is 0.174 e. The first-order chi connectivity index (χ1) is 7.79. The third-order valence-corrected chi connectivity index (χ3v) is 2.45. The first kappa shape index (κ1) is 11.0. The summed E-state index contributed by atoms with van der Waals surface area (Å²) in [5.74, 6) is 0.903. The van der Waals surface area contributed by atoms with Crippen LogP contribution in [0.3, 0.4) is 0 Å². The molecule has 0 bridgehead atoms. The highest BCUT2D eigenvalue weighted by atomic mass is 32.1. The first-order valence-corrected chi connectivity index (χ1v) is 5.71. The Hall–Kier alpha value is -1.55. The summed E-state index contributed by atoms with van der Waals surface area (Å²) in [5, 5.41) is 0. The van der Waals surface area contributed by atoms with Crippen molar-refractivity contribution >= 4 is 12.2 Å². The second-order valence-electron chi connectivity index (χ2n) is 3.53. The van der Waals surface area contributed by atoms with Crippen molar-refractivity contribution in [3.05, 3.63) is 35.2 Å². The van der Waals surface area contributed by atoms with Crippen molar-refractivity contribution < 1.29 is 4.74 Å². The van der Waals surface area contributed by atoms with Gasteiger partial charge in [-0.3, -0.25) is 0 Å². The summed E-state index contributed by atoms with van der Waals surface area (Å²) < 4.78 is 6.15. The minimum Gasteiger partial charge on any atom is -0.494 e. The molecule has 4 heteroatoms. The summed E-state index contributed by atoms with van der Waals surface area (Å²) in [6, 6.07) is 7.96. The van der Waals surface area contributed by atoms with Crippen molar-refractivity contribution in [2.75, 3.05) is 6.61 Å². The zero-order valence-corrected chi connectivity index (χ0v) is 9.93. The van der Waals surface area contributed by atoms with E-state index in [4.69, 9.17) is 17.0 Å². The lowest BCUT2D eigenvalue weighted by Crippen LogP contribution is -1.94. The number of hydrogen-bond acceptors (Lipinski definition) is 2. The van der Waals surface area contributed by atoms with E-state index in [-0.39, 0.29) is 0 Å². The normalized spacial score (nSPS) is 10.3. The molecule has 0 saturated heterocycles. The molecule has 0 atom stereocenters. The average molecular weight is 234 g/mol. The van der Waals surface area contributed by atoms with E-state index in [2.05, 4.69) is 16.9 Å². The number of imidazole rings is 1. The van der Waals surface area contributed by atoms with Gasteiger partial charge in [-0.25, -0.2) is 0 Å². The molecule has 16 heavy (non-hydrogen) atoms. The van der Waals surface area contributed by atoms with Gasteiger partial charge in [0.15, 0.2) is 4.77 Å². The number of aromatic amines is 2. The molecule has 0 aliphatic carbocycles. The van der Waals surface area contributed by atoms with Gasteiger partial charge in [0.1, 0.15) is 5.75 Å². The molecule has 2 N–H and O–H groups in total. The maximum absolute atomic E-state index is 5.51. The molecule has 2 rings (SSSR count). The molecule has 0 fully saturated rings. The van der Waals surface area contributed by atoms with E-state index in [0.29, 0.717) is 4.77 Å². The Labute approximate surface area is 99.5 Å². The fourth-order valence-electron chi connectivity index (χ4n) is 1.44. The van der Waals surface area contributed by atoms with E-state index >= 15 is 0 Å². The molecule has 0 saturated carbocycles. The van der Waals surface area contributed by atoms with Gasteiger partial charge in [0, 0.05) is 6.20 Å². The lowest BCUT2D eigenvalue weighted by Gasteiger charge is -2.04. The van der Waals surface area contributed by atoms with Gasteiger partial charge in [-0.1, -0.05) is 6.92 Å². The highest BCUT2D eigenvalue weighted by Crippen LogP contribution is 2.20. The standard InChI is InChI=1S/C12H14N2OS/c1-2-7-15-10-5-3-9(4-6-10)11-8-13-12(16)14-11/h3-6,8H,2,7H2,1H3,(H2,13,14,16). The molecule has 0 aliphatic heterocycles. The van der Waals surface area contributed by atoms with Crippen LogP contribution in [0.2, 0.25) is 0 Å². The van der Waals surface area contributed by atoms with E-state index in [0.717, 1.165) is 30.0 Å². The number of hydrogen-bond donors (Lipinski definition) is 2. The fraction of sp³-hybridized carbons (Fsp3) is 0.250. The Morgan fingerprint density at radius 1 is 1.25 bits per heavy atom. The monoisotopic (exact) mass is 234 g/mol.